The lowest BCUT2D eigenvalue weighted by molar-refractivity contribution is 0.0517. The van der Waals surface area contributed by atoms with Crippen LogP contribution in [-0.4, -0.2) is 63.9 Å². The molecule has 2 saturated carbocycles. The van der Waals surface area contributed by atoms with Crippen molar-refractivity contribution in [3.63, 3.8) is 0 Å². The predicted molar refractivity (Wildman–Crippen MR) is 147 cm³/mol. The minimum Gasteiger partial charge on any atom is -0.381 e. The topological polar surface area (TPSA) is 19.0 Å². The number of ether oxygens (including phenoxy) is 1. The molecule has 4 nitrogen and oxygen atoms in total. The van der Waals surface area contributed by atoms with Crippen molar-refractivity contribution in [2.45, 2.75) is 89.4 Å². The van der Waals surface area contributed by atoms with Crippen molar-refractivity contribution in [2.24, 2.45) is 11.3 Å². The number of benzene rings is 1. The zero-order valence-electron chi connectivity index (χ0n) is 22.2. The Morgan fingerprint density at radius 3 is 2.14 bits per heavy atom. The summed E-state index contributed by atoms with van der Waals surface area (Å²) >= 11 is 0. The largest absolute Gasteiger partial charge is 0.381 e. The summed E-state index contributed by atoms with van der Waals surface area (Å²) in [6.07, 6.45) is 18.4. The molecular formula is C31H49N3O. The van der Waals surface area contributed by atoms with E-state index in [0.29, 0.717) is 0 Å². The van der Waals surface area contributed by atoms with Crippen LogP contribution in [0.4, 0.5) is 11.4 Å². The number of nitrogens with zero attached hydrogens (tertiary/aromatic N) is 3. The number of anilines is 2. The van der Waals surface area contributed by atoms with Gasteiger partial charge in [0.05, 0.1) is 0 Å². The normalized spacial score (nSPS) is 27.1. The lowest BCUT2D eigenvalue weighted by Crippen LogP contribution is -2.48. The molecule has 3 heterocycles. The maximum absolute atomic E-state index is 5.59. The number of piperidine rings is 1. The molecule has 0 atom stereocenters. The fraction of sp³-hybridized carbons (Fsp3) is 0.806. The van der Waals surface area contributed by atoms with E-state index in [1.54, 1.807) is 11.3 Å². The van der Waals surface area contributed by atoms with Gasteiger partial charge in [-0.15, -0.1) is 0 Å². The minimum absolute atomic E-state index is 0.719. The summed E-state index contributed by atoms with van der Waals surface area (Å²) in [5.74, 6) is 1.61. The molecule has 1 aromatic carbocycles. The summed E-state index contributed by atoms with van der Waals surface area (Å²) in [6.45, 7) is 10.5. The fourth-order valence-corrected chi connectivity index (χ4v) is 8.14. The first-order valence-electron chi connectivity index (χ1n) is 15.2. The van der Waals surface area contributed by atoms with Crippen LogP contribution >= 0.6 is 0 Å². The zero-order chi connectivity index (χ0) is 23.5. The highest BCUT2D eigenvalue weighted by molar-refractivity contribution is 5.63. The average Bonchev–Trinajstić information content (AvgIpc) is 3.38. The van der Waals surface area contributed by atoms with E-state index in [2.05, 4.69) is 32.9 Å². The van der Waals surface area contributed by atoms with Gasteiger partial charge in [-0.2, -0.15) is 0 Å². The molecule has 6 rings (SSSR count). The molecule has 0 aromatic heterocycles. The van der Waals surface area contributed by atoms with Crippen molar-refractivity contribution in [1.82, 2.24) is 4.90 Å². The van der Waals surface area contributed by atoms with Crippen molar-refractivity contribution in [1.29, 1.82) is 0 Å². The number of rotatable bonds is 5. The van der Waals surface area contributed by atoms with E-state index in [1.165, 1.54) is 135 Å². The van der Waals surface area contributed by atoms with Crippen LogP contribution in [0.15, 0.2) is 18.2 Å². The highest BCUT2D eigenvalue weighted by atomic mass is 16.5. The van der Waals surface area contributed by atoms with Crippen LogP contribution < -0.4 is 9.80 Å². The number of piperazine rings is 1. The molecule has 0 bridgehead atoms. The smallest absolute Gasteiger partial charge is 0.0469 e. The van der Waals surface area contributed by atoms with Gasteiger partial charge in [0.1, 0.15) is 0 Å². The molecule has 2 aliphatic carbocycles. The summed E-state index contributed by atoms with van der Waals surface area (Å²) in [6, 6.07) is 7.62. The molecule has 3 saturated heterocycles. The van der Waals surface area contributed by atoms with Crippen LogP contribution in [0.5, 0.6) is 0 Å². The molecule has 0 radical (unpaired) electrons. The highest BCUT2D eigenvalue weighted by Gasteiger charge is 2.38. The van der Waals surface area contributed by atoms with E-state index >= 15 is 0 Å². The van der Waals surface area contributed by atoms with E-state index in [9.17, 15) is 0 Å². The van der Waals surface area contributed by atoms with E-state index in [1.807, 2.05) is 0 Å². The van der Waals surface area contributed by atoms with Gasteiger partial charge in [0, 0.05) is 70.4 Å². The number of hydrogen-bond donors (Lipinski definition) is 0. The Morgan fingerprint density at radius 1 is 0.714 bits per heavy atom. The monoisotopic (exact) mass is 479 g/mol. The Bertz CT molecular complexity index is 805. The molecule has 0 amide bonds. The second kappa shape index (κ2) is 11.0. The van der Waals surface area contributed by atoms with Crippen LogP contribution in [0.2, 0.25) is 0 Å². The van der Waals surface area contributed by atoms with Gasteiger partial charge in [0.2, 0.25) is 0 Å². The molecule has 1 aromatic rings. The van der Waals surface area contributed by atoms with Crippen molar-refractivity contribution >= 4 is 11.4 Å². The van der Waals surface area contributed by atoms with Gasteiger partial charge in [-0.3, -0.25) is 4.90 Å². The maximum atomic E-state index is 5.59. The average molecular weight is 480 g/mol. The molecule has 0 N–H and O–H groups in total. The first-order chi connectivity index (χ1) is 17.3. The molecule has 0 unspecified atom stereocenters. The summed E-state index contributed by atoms with van der Waals surface area (Å²) in [7, 11) is 0. The van der Waals surface area contributed by atoms with Crippen LogP contribution in [-0.2, 0) is 4.74 Å². The highest BCUT2D eigenvalue weighted by Crippen LogP contribution is 2.53. The maximum Gasteiger partial charge on any atom is 0.0469 e. The van der Waals surface area contributed by atoms with Crippen LogP contribution in [0.3, 0.4) is 0 Å². The van der Waals surface area contributed by atoms with Crippen LogP contribution in [0.25, 0.3) is 0 Å². The van der Waals surface area contributed by atoms with E-state index in [0.717, 1.165) is 30.5 Å². The molecule has 35 heavy (non-hydrogen) atoms. The van der Waals surface area contributed by atoms with Gasteiger partial charge >= 0.3 is 0 Å². The Hall–Kier alpha value is -1.26. The molecular weight excluding hydrogens is 430 g/mol. The van der Waals surface area contributed by atoms with Crippen molar-refractivity contribution in [2.75, 3.05) is 68.8 Å². The van der Waals surface area contributed by atoms with Crippen LogP contribution in [0, 0.1) is 11.3 Å². The third kappa shape index (κ3) is 5.54. The second-order valence-corrected chi connectivity index (χ2v) is 12.6. The zero-order valence-corrected chi connectivity index (χ0v) is 22.2. The Labute approximate surface area is 214 Å². The van der Waals surface area contributed by atoms with Crippen LogP contribution in [0.1, 0.15) is 95.0 Å². The quantitative estimate of drug-likeness (QED) is 0.483. The first kappa shape index (κ1) is 24.1. The third-order valence-electron chi connectivity index (χ3n) is 10.5. The number of hydrogen-bond acceptors (Lipinski definition) is 4. The molecule has 4 heteroatoms. The molecule has 3 aliphatic heterocycles. The summed E-state index contributed by atoms with van der Waals surface area (Å²) in [5.41, 5.74) is 5.49. The molecule has 5 aliphatic rings. The summed E-state index contributed by atoms with van der Waals surface area (Å²) < 4.78 is 5.59. The van der Waals surface area contributed by atoms with Gasteiger partial charge in [0.25, 0.3) is 0 Å². The standard InChI is InChI=1S/C31H49N3O/c1-4-16-33(17-5-1)28-6-7-30(29(24-28)27-8-14-31(15-9-27)12-2-3-13-31)34-20-18-32(19-21-34)25-26-10-22-35-23-11-26/h6-7,24,26-27H,1-5,8-23,25H2. The van der Waals surface area contributed by atoms with Gasteiger partial charge in [-0.25, -0.2) is 0 Å². The lowest BCUT2D eigenvalue weighted by Gasteiger charge is -2.42. The summed E-state index contributed by atoms with van der Waals surface area (Å²) in [5, 5.41) is 0. The Kier molecular flexibility index (Phi) is 7.58. The van der Waals surface area contributed by atoms with Gasteiger partial charge in [-0.05, 0) is 112 Å². The molecule has 1 spiro atoms. The van der Waals surface area contributed by atoms with Crippen molar-refractivity contribution in [3.8, 4) is 0 Å². The van der Waals surface area contributed by atoms with Gasteiger partial charge in [-0.1, -0.05) is 12.8 Å². The third-order valence-corrected chi connectivity index (χ3v) is 10.5. The van der Waals surface area contributed by atoms with Crippen molar-refractivity contribution < 1.29 is 4.74 Å². The Balaban J connectivity index is 1.16. The SMILES string of the molecule is c1cc(N2CCN(CC3CCOCC3)CC2)c(C2CCC3(CCCC3)CC2)cc1N1CCCCC1. The predicted octanol–water partition coefficient (Wildman–Crippen LogP) is 6.44. The minimum atomic E-state index is 0.719. The fourth-order valence-electron chi connectivity index (χ4n) is 8.14. The second-order valence-electron chi connectivity index (χ2n) is 12.6. The lowest BCUT2D eigenvalue weighted by atomic mass is 9.68. The van der Waals surface area contributed by atoms with E-state index in [4.69, 9.17) is 4.74 Å². The first-order valence-corrected chi connectivity index (χ1v) is 15.2. The van der Waals surface area contributed by atoms with E-state index < -0.39 is 0 Å². The Morgan fingerprint density at radius 2 is 1.43 bits per heavy atom. The molecule has 5 fully saturated rings. The van der Waals surface area contributed by atoms with Crippen molar-refractivity contribution in [3.05, 3.63) is 23.8 Å². The molecule has 194 valence electrons. The van der Waals surface area contributed by atoms with Gasteiger partial charge in [0.15, 0.2) is 0 Å². The van der Waals surface area contributed by atoms with E-state index in [-0.39, 0.29) is 0 Å². The van der Waals surface area contributed by atoms with Gasteiger partial charge < -0.3 is 14.5 Å². The summed E-state index contributed by atoms with van der Waals surface area (Å²) in [4.78, 5) is 8.15.